The van der Waals surface area contributed by atoms with Crippen molar-refractivity contribution < 1.29 is 14.3 Å². The molecule has 23 heavy (non-hydrogen) atoms. The van der Waals surface area contributed by atoms with Gasteiger partial charge in [-0.15, -0.1) is 0 Å². The van der Waals surface area contributed by atoms with Crippen molar-refractivity contribution in [3.63, 3.8) is 0 Å². The Morgan fingerprint density at radius 2 is 1.70 bits per heavy atom. The maximum Gasteiger partial charge on any atom is 0.247 e. The summed E-state index contributed by atoms with van der Waals surface area (Å²) in [4.78, 5) is 13.9. The van der Waals surface area contributed by atoms with Crippen molar-refractivity contribution in [2.45, 2.75) is 12.1 Å². The molecule has 0 radical (unpaired) electrons. The van der Waals surface area contributed by atoms with Crippen LogP contribution in [0.3, 0.4) is 0 Å². The van der Waals surface area contributed by atoms with Crippen LogP contribution in [-0.2, 0) is 4.79 Å². The number of β-lactam (4-membered cyclic amide) rings is 1. The van der Waals surface area contributed by atoms with Gasteiger partial charge in [-0.25, -0.2) is 0 Å². The van der Waals surface area contributed by atoms with Crippen molar-refractivity contribution in [1.29, 1.82) is 0 Å². The van der Waals surface area contributed by atoms with Crippen molar-refractivity contribution in [2.24, 2.45) is 5.73 Å². The third kappa shape index (κ3) is 2.62. The number of nitrogens with zero attached hydrogens (tertiary/aromatic N) is 1. The van der Waals surface area contributed by atoms with Crippen LogP contribution in [0.15, 0.2) is 42.5 Å². The Hall–Kier alpha value is -2.24. The minimum atomic E-state index is -0.580. The molecule has 2 N–H and O–H groups in total. The van der Waals surface area contributed by atoms with E-state index in [0.717, 1.165) is 11.3 Å². The summed E-state index contributed by atoms with van der Waals surface area (Å²) >= 11 is 5.91. The Kier molecular flexibility index (Phi) is 4.15. The minimum absolute atomic E-state index is 0.118. The fourth-order valence-electron chi connectivity index (χ4n) is 2.79. The summed E-state index contributed by atoms with van der Waals surface area (Å²) in [6.07, 6.45) is 0. The average Bonchev–Trinajstić information content (AvgIpc) is 2.59. The zero-order chi connectivity index (χ0) is 16.6. The monoisotopic (exact) mass is 332 g/mol. The summed E-state index contributed by atoms with van der Waals surface area (Å²) in [6.45, 7) is 0. The van der Waals surface area contributed by atoms with Gasteiger partial charge in [0.15, 0.2) is 11.5 Å². The molecule has 1 heterocycles. The number of rotatable bonds is 4. The molecule has 5 nitrogen and oxygen atoms in total. The van der Waals surface area contributed by atoms with Gasteiger partial charge in [-0.3, -0.25) is 4.79 Å². The lowest BCUT2D eigenvalue weighted by Gasteiger charge is -2.45. The molecule has 2 atom stereocenters. The van der Waals surface area contributed by atoms with E-state index in [2.05, 4.69) is 0 Å². The van der Waals surface area contributed by atoms with E-state index in [4.69, 9.17) is 26.8 Å². The molecule has 0 spiro atoms. The topological polar surface area (TPSA) is 64.8 Å². The van der Waals surface area contributed by atoms with Crippen LogP contribution in [0.1, 0.15) is 11.6 Å². The summed E-state index contributed by atoms with van der Waals surface area (Å²) in [6, 6.07) is 11.8. The molecule has 0 bridgehead atoms. The third-order valence-electron chi connectivity index (χ3n) is 3.99. The van der Waals surface area contributed by atoms with Gasteiger partial charge in [-0.05, 0) is 42.0 Å². The van der Waals surface area contributed by atoms with Crippen LogP contribution in [0.2, 0.25) is 5.02 Å². The molecule has 0 aliphatic carbocycles. The summed E-state index contributed by atoms with van der Waals surface area (Å²) in [5.41, 5.74) is 7.69. The zero-order valence-corrected chi connectivity index (χ0v) is 13.6. The second kappa shape index (κ2) is 6.10. The number of halogens is 1. The molecule has 6 heteroatoms. The van der Waals surface area contributed by atoms with Gasteiger partial charge in [-0.1, -0.05) is 17.7 Å². The highest BCUT2D eigenvalue weighted by Gasteiger charge is 2.46. The second-order valence-electron chi connectivity index (χ2n) is 5.27. The maximum atomic E-state index is 12.2. The molecular formula is C17H17ClN2O3. The number of benzene rings is 2. The van der Waals surface area contributed by atoms with Gasteiger partial charge in [-0.2, -0.15) is 0 Å². The number of carbonyl (C=O) groups is 1. The molecular weight excluding hydrogens is 316 g/mol. The molecule has 1 fully saturated rings. The lowest BCUT2D eigenvalue weighted by molar-refractivity contribution is -0.126. The molecule has 1 saturated heterocycles. The zero-order valence-electron chi connectivity index (χ0n) is 12.8. The van der Waals surface area contributed by atoms with Crippen molar-refractivity contribution >= 4 is 23.2 Å². The number of hydrogen-bond donors (Lipinski definition) is 1. The number of carbonyl (C=O) groups excluding carboxylic acids is 1. The fraction of sp³-hybridized carbons (Fsp3) is 0.235. The quantitative estimate of drug-likeness (QED) is 0.874. The first-order valence-electron chi connectivity index (χ1n) is 7.13. The van der Waals surface area contributed by atoms with Gasteiger partial charge in [0, 0.05) is 10.7 Å². The lowest BCUT2D eigenvalue weighted by atomic mass is 9.88. The van der Waals surface area contributed by atoms with Crippen LogP contribution >= 0.6 is 11.6 Å². The summed E-state index contributed by atoms with van der Waals surface area (Å²) in [7, 11) is 3.15. The number of anilines is 1. The highest BCUT2D eigenvalue weighted by Crippen LogP contribution is 2.41. The van der Waals surface area contributed by atoms with Crippen molar-refractivity contribution in [1.82, 2.24) is 0 Å². The van der Waals surface area contributed by atoms with Gasteiger partial charge < -0.3 is 20.1 Å². The van der Waals surface area contributed by atoms with Crippen LogP contribution in [-0.4, -0.2) is 26.2 Å². The first-order chi connectivity index (χ1) is 11.1. The van der Waals surface area contributed by atoms with E-state index < -0.39 is 6.04 Å². The first kappa shape index (κ1) is 15.6. The van der Waals surface area contributed by atoms with Gasteiger partial charge in [0.05, 0.1) is 20.3 Å². The predicted molar refractivity (Wildman–Crippen MR) is 89.2 cm³/mol. The molecule has 1 aliphatic rings. The predicted octanol–water partition coefficient (Wildman–Crippen LogP) is 2.77. The fourth-order valence-corrected chi connectivity index (χ4v) is 2.92. The molecule has 1 amide bonds. The standard InChI is InChI=1S/C17H17ClN2O3/c1-22-13-8-3-10(9-14(13)23-2)16-15(19)17(21)20(16)12-6-4-11(18)5-7-12/h3-9,15-16H,19H2,1-2H3/t15-,16+/m1/s1. The average molecular weight is 333 g/mol. The van der Waals surface area contributed by atoms with E-state index in [0.29, 0.717) is 16.5 Å². The number of amides is 1. The smallest absolute Gasteiger partial charge is 0.247 e. The first-order valence-corrected chi connectivity index (χ1v) is 7.50. The number of nitrogens with two attached hydrogens (primary N) is 1. The van der Waals surface area contributed by atoms with Crippen LogP contribution in [0.4, 0.5) is 5.69 Å². The Morgan fingerprint density at radius 3 is 2.30 bits per heavy atom. The molecule has 2 aromatic rings. The Morgan fingerprint density at radius 1 is 1.04 bits per heavy atom. The van der Waals surface area contributed by atoms with E-state index in [1.165, 1.54) is 0 Å². The highest BCUT2D eigenvalue weighted by molar-refractivity contribution is 6.30. The highest BCUT2D eigenvalue weighted by atomic mass is 35.5. The van der Waals surface area contributed by atoms with E-state index in [1.807, 2.05) is 18.2 Å². The van der Waals surface area contributed by atoms with Gasteiger partial charge in [0.2, 0.25) is 5.91 Å². The molecule has 120 valence electrons. The second-order valence-corrected chi connectivity index (χ2v) is 5.71. The van der Waals surface area contributed by atoms with E-state index in [9.17, 15) is 4.79 Å². The molecule has 0 unspecified atom stereocenters. The molecule has 1 aliphatic heterocycles. The Balaban J connectivity index is 1.97. The Labute approximate surface area is 139 Å². The lowest BCUT2D eigenvalue weighted by Crippen LogP contribution is -2.63. The van der Waals surface area contributed by atoms with E-state index >= 15 is 0 Å². The van der Waals surface area contributed by atoms with Crippen LogP contribution < -0.4 is 20.1 Å². The van der Waals surface area contributed by atoms with Gasteiger partial charge >= 0.3 is 0 Å². The van der Waals surface area contributed by atoms with Crippen LogP contribution in [0, 0.1) is 0 Å². The van der Waals surface area contributed by atoms with Crippen molar-refractivity contribution in [3.05, 3.63) is 53.1 Å². The molecule has 2 aromatic carbocycles. The maximum absolute atomic E-state index is 12.2. The normalized spacial score (nSPS) is 20.2. The van der Waals surface area contributed by atoms with Gasteiger partial charge in [0.25, 0.3) is 0 Å². The van der Waals surface area contributed by atoms with E-state index in [-0.39, 0.29) is 11.9 Å². The largest absolute Gasteiger partial charge is 0.493 e. The number of methoxy groups -OCH3 is 2. The summed E-state index contributed by atoms with van der Waals surface area (Å²) in [5, 5.41) is 0.619. The van der Waals surface area contributed by atoms with Crippen LogP contribution in [0.5, 0.6) is 11.5 Å². The third-order valence-corrected chi connectivity index (χ3v) is 4.25. The number of ether oxygens (including phenoxy) is 2. The molecule has 0 saturated carbocycles. The van der Waals surface area contributed by atoms with Gasteiger partial charge in [0.1, 0.15) is 6.04 Å². The summed E-state index contributed by atoms with van der Waals surface area (Å²) in [5.74, 6) is 1.12. The molecule has 3 rings (SSSR count). The Bertz CT molecular complexity index is 733. The van der Waals surface area contributed by atoms with E-state index in [1.54, 1.807) is 43.4 Å². The van der Waals surface area contributed by atoms with Crippen LogP contribution in [0.25, 0.3) is 0 Å². The minimum Gasteiger partial charge on any atom is -0.493 e. The van der Waals surface area contributed by atoms with Crippen molar-refractivity contribution in [3.8, 4) is 11.5 Å². The number of hydrogen-bond acceptors (Lipinski definition) is 4. The molecule has 0 aromatic heterocycles. The van der Waals surface area contributed by atoms with Crippen molar-refractivity contribution in [2.75, 3.05) is 19.1 Å². The summed E-state index contributed by atoms with van der Waals surface area (Å²) < 4.78 is 10.6. The SMILES string of the molecule is COc1ccc([C@H]2[C@@H](N)C(=O)N2c2ccc(Cl)cc2)cc1OC.